The molecule has 120 valence electrons. The highest BCUT2D eigenvalue weighted by Crippen LogP contribution is 2.62. The molecule has 2 aliphatic rings. The number of thiophene rings is 1. The third-order valence-electron chi connectivity index (χ3n) is 5.49. The predicted molar refractivity (Wildman–Crippen MR) is 87.4 cm³/mol. The van der Waals surface area contributed by atoms with Gasteiger partial charge in [-0.2, -0.15) is 0 Å². The molecule has 0 spiro atoms. The molecular weight excluding hydrogens is 296 g/mol. The summed E-state index contributed by atoms with van der Waals surface area (Å²) in [6.45, 7) is 5.55. The molecule has 2 N–H and O–H groups in total. The van der Waals surface area contributed by atoms with Gasteiger partial charge in [-0.25, -0.2) is 0 Å². The van der Waals surface area contributed by atoms with Crippen LogP contribution in [0.15, 0.2) is 17.5 Å². The van der Waals surface area contributed by atoms with Crippen molar-refractivity contribution in [3.05, 3.63) is 22.4 Å². The average Bonchev–Trinajstić information content (AvgIpc) is 3.04. The third-order valence-corrected chi connectivity index (χ3v) is 6.43. The fraction of sp³-hybridized carbons (Fsp3) is 0.647. The summed E-state index contributed by atoms with van der Waals surface area (Å²) in [7, 11) is 0. The number of carbonyl (C=O) groups excluding carboxylic acids is 2. The maximum atomic E-state index is 12.4. The van der Waals surface area contributed by atoms with E-state index >= 15 is 0 Å². The lowest BCUT2D eigenvalue weighted by atomic mass is 9.48. The summed E-state index contributed by atoms with van der Waals surface area (Å²) >= 11 is 1.73. The van der Waals surface area contributed by atoms with E-state index in [1.165, 1.54) is 4.88 Å². The molecule has 1 aliphatic carbocycles. The molecule has 2 atom stereocenters. The lowest BCUT2D eigenvalue weighted by Gasteiger charge is -2.54. The van der Waals surface area contributed by atoms with Gasteiger partial charge in [0.1, 0.15) is 0 Å². The number of fused-ring (bicyclic) bond motifs is 1. The van der Waals surface area contributed by atoms with Gasteiger partial charge in [0.05, 0.1) is 5.41 Å². The van der Waals surface area contributed by atoms with Crippen molar-refractivity contribution in [1.82, 2.24) is 4.90 Å². The minimum Gasteiger partial charge on any atom is -0.369 e. The highest BCUT2D eigenvalue weighted by molar-refractivity contribution is 7.09. The largest absolute Gasteiger partial charge is 0.369 e. The quantitative estimate of drug-likeness (QED) is 0.905. The van der Waals surface area contributed by atoms with Crippen LogP contribution in [0.1, 0.15) is 38.0 Å². The predicted octanol–water partition coefficient (Wildman–Crippen LogP) is 2.43. The Bertz CT molecular complexity index is 581. The maximum Gasteiger partial charge on any atom is 0.225 e. The topological polar surface area (TPSA) is 63.4 Å². The summed E-state index contributed by atoms with van der Waals surface area (Å²) in [6, 6.07) is 4.15. The zero-order chi connectivity index (χ0) is 16.0. The Morgan fingerprint density at radius 3 is 2.77 bits per heavy atom. The Hall–Kier alpha value is -1.36. The van der Waals surface area contributed by atoms with Crippen molar-refractivity contribution in [2.24, 2.45) is 22.5 Å². The van der Waals surface area contributed by atoms with E-state index < -0.39 is 5.41 Å². The Labute approximate surface area is 135 Å². The van der Waals surface area contributed by atoms with Crippen molar-refractivity contribution < 1.29 is 9.59 Å². The third kappa shape index (κ3) is 2.45. The smallest absolute Gasteiger partial charge is 0.225 e. The van der Waals surface area contributed by atoms with Crippen LogP contribution in [-0.2, 0) is 16.0 Å². The Balaban J connectivity index is 1.57. The molecule has 2 amide bonds. The summed E-state index contributed by atoms with van der Waals surface area (Å²) in [5.74, 6) is 0.159. The van der Waals surface area contributed by atoms with Crippen molar-refractivity contribution >= 4 is 23.2 Å². The summed E-state index contributed by atoms with van der Waals surface area (Å²) in [6.07, 6.45) is 3.18. The first-order valence-corrected chi connectivity index (χ1v) is 8.83. The number of nitrogens with zero attached hydrogens (tertiary/aromatic N) is 1. The van der Waals surface area contributed by atoms with E-state index in [1.807, 2.05) is 11.0 Å². The first kappa shape index (κ1) is 15.5. The molecule has 0 aromatic carbocycles. The number of carbonyl (C=O) groups is 2. The standard InChI is InChI=1S/C17H24N2O2S/c1-16(2)10-17(15(18)21)11-19(9-13(16)17)14(20)7-3-5-12-6-4-8-22-12/h4,6,8,13H,3,5,7,9-11H2,1-2H3,(H2,18,21)/t13-,17+/m1/s1. The molecule has 1 saturated carbocycles. The first-order valence-electron chi connectivity index (χ1n) is 7.95. The minimum atomic E-state index is -0.465. The molecule has 3 rings (SSSR count). The molecule has 5 heteroatoms. The van der Waals surface area contributed by atoms with E-state index in [0.717, 1.165) is 19.3 Å². The highest BCUT2D eigenvalue weighted by atomic mass is 32.1. The van der Waals surface area contributed by atoms with Crippen molar-refractivity contribution in [2.45, 2.75) is 39.5 Å². The Morgan fingerprint density at radius 1 is 1.45 bits per heavy atom. The van der Waals surface area contributed by atoms with Crippen molar-refractivity contribution in [2.75, 3.05) is 13.1 Å². The van der Waals surface area contributed by atoms with Crippen LogP contribution in [0.3, 0.4) is 0 Å². The molecule has 1 aromatic rings. The van der Waals surface area contributed by atoms with E-state index in [0.29, 0.717) is 19.5 Å². The molecular formula is C17H24N2O2S. The van der Waals surface area contributed by atoms with Crippen molar-refractivity contribution in [3.8, 4) is 0 Å². The number of hydrogen-bond donors (Lipinski definition) is 1. The summed E-state index contributed by atoms with van der Waals surface area (Å²) in [5.41, 5.74) is 5.29. The van der Waals surface area contributed by atoms with Gasteiger partial charge >= 0.3 is 0 Å². The summed E-state index contributed by atoms with van der Waals surface area (Å²) in [4.78, 5) is 27.5. The molecule has 0 radical (unpaired) electrons. The van der Waals surface area contributed by atoms with Gasteiger partial charge < -0.3 is 10.6 Å². The highest BCUT2D eigenvalue weighted by Gasteiger charge is 2.66. The van der Waals surface area contributed by atoms with Gasteiger partial charge in [-0.3, -0.25) is 9.59 Å². The zero-order valence-corrected chi connectivity index (χ0v) is 14.1. The second kappa shape index (κ2) is 5.37. The van der Waals surface area contributed by atoms with Gasteiger partial charge in [0.25, 0.3) is 0 Å². The Kier molecular flexibility index (Phi) is 3.79. The van der Waals surface area contributed by atoms with Crippen LogP contribution in [0.2, 0.25) is 0 Å². The van der Waals surface area contributed by atoms with Crippen LogP contribution in [0, 0.1) is 16.7 Å². The van der Waals surface area contributed by atoms with Gasteiger partial charge in [0.15, 0.2) is 0 Å². The number of primary amides is 1. The van der Waals surface area contributed by atoms with Gasteiger partial charge in [0.2, 0.25) is 11.8 Å². The van der Waals surface area contributed by atoms with Crippen LogP contribution in [0.5, 0.6) is 0 Å². The molecule has 2 heterocycles. The fourth-order valence-electron chi connectivity index (χ4n) is 4.44. The number of aryl methyl sites for hydroxylation is 1. The van der Waals surface area contributed by atoms with Crippen LogP contribution < -0.4 is 5.73 Å². The molecule has 2 fully saturated rings. The van der Waals surface area contributed by atoms with E-state index in [1.54, 1.807) is 11.3 Å². The van der Waals surface area contributed by atoms with Crippen molar-refractivity contribution in [1.29, 1.82) is 0 Å². The molecule has 22 heavy (non-hydrogen) atoms. The molecule has 0 bridgehead atoms. The zero-order valence-electron chi connectivity index (χ0n) is 13.3. The van der Waals surface area contributed by atoms with E-state index in [2.05, 4.69) is 25.3 Å². The lowest BCUT2D eigenvalue weighted by molar-refractivity contribution is -0.148. The summed E-state index contributed by atoms with van der Waals surface area (Å²) in [5, 5.41) is 2.06. The first-order chi connectivity index (χ1) is 10.3. The normalized spacial score (nSPS) is 29.0. The van der Waals surface area contributed by atoms with Crippen LogP contribution >= 0.6 is 11.3 Å². The lowest BCUT2D eigenvalue weighted by Crippen LogP contribution is -2.59. The van der Waals surface area contributed by atoms with E-state index in [4.69, 9.17) is 5.73 Å². The second-order valence-corrected chi connectivity index (χ2v) is 8.48. The van der Waals surface area contributed by atoms with Crippen molar-refractivity contribution in [3.63, 3.8) is 0 Å². The maximum absolute atomic E-state index is 12.4. The fourth-order valence-corrected chi connectivity index (χ4v) is 5.19. The molecule has 1 aliphatic heterocycles. The minimum absolute atomic E-state index is 0.112. The van der Waals surface area contributed by atoms with E-state index in [9.17, 15) is 9.59 Å². The number of hydrogen-bond acceptors (Lipinski definition) is 3. The number of nitrogens with two attached hydrogens (primary N) is 1. The van der Waals surface area contributed by atoms with Crippen LogP contribution in [-0.4, -0.2) is 29.8 Å². The number of rotatable bonds is 5. The number of likely N-dealkylation sites (tertiary alicyclic amines) is 1. The second-order valence-electron chi connectivity index (χ2n) is 7.45. The van der Waals surface area contributed by atoms with Crippen LogP contribution in [0.4, 0.5) is 0 Å². The molecule has 1 aromatic heterocycles. The van der Waals surface area contributed by atoms with E-state index in [-0.39, 0.29) is 23.1 Å². The number of amides is 2. The molecule has 4 nitrogen and oxygen atoms in total. The van der Waals surface area contributed by atoms with Gasteiger partial charge in [-0.05, 0) is 42.0 Å². The van der Waals surface area contributed by atoms with Gasteiger partial charge in [-0.1, -0.05) is 19.9 Å². The molecule has 0 unspecified atom stereocenters. The molecule has 1 saturated heterocycles. The van der Waals surface area contributed by atoms with Gasteiger partial charge in [0, 0.05) is 24.4 Å². The monoisotopic (exact) mass is 320 g/mol. The SMILES string of the molecule is CC1(C)C[C@]2(C(N)=O)CN(C(=O)CCCc3cccs3)C[C@H]12. The van der Waals surface area contributed by atoms with Gasteiger partial charge in [-0.15, -0.1) is 11.3 Å². The summed E-state index contributed by atoms with van der Waals surface area (Å²) < 4.78 is 0. The van der Waals surface area contributed by atoms with Crippen LogP contribution in [0.25, 0.3) is 0 Å². The Morgan fingerprint density at radius 2 is 2.23 bits per heavy atom. The average molecular weight is 320 g/mol.